The maximum atomic E-state index is 15.2. The number of nitrogens with zero attached hydrogens (tertiary/aromatic N) is 2. The van der Waals surface area contributed by atoms with Gasteiger partial charge in [0.15, 0.2) is 0 Å². The Labute approximate surface area is 178 Å². The Morgan fingerprint density at radius 2 is 1.97 bits per heavy atom. The van der Waals surface area contributed by atoms with Gasteiger partial charge in [0, 0.05) is 16.7 Å². The maximum Gasteiger partial charge on any atom is 0.408 e. The van der Waals surface area contributed by atoms with Crippen LogP contribution >= 0.6 is 11.3 Å². The molecule has 4 rings (SSSR count). The molecular weight excluding hydrogens is 403 g/mol. The van der Waals surface area contributed by atoms with Crippen LogP contribution in [-0.4, -0.2) is 21.9 Å². The second kappa shape index (κ2) is 7.36. The second-order valence-electron chi connectivity index (χ2n) is 8.45. The fourth-order valence-electron chi connectivity index (χ4n) is 3.39. The number of rotatable bonds is 4. The highest BCUT2D eigenvalue weighted by Gasteiger charge is 2.48. The van der Waals surface area contributed by atoms with Crippen LogP contribution in [-0.2, 0) is 10.3 Å². The number of hydrogen-bond acceptors (Lipinski definition) is 6. The van der Waals surface area contributed by atoms with Crippen LogP contribution < -0.4 is 11.1 Å². The van der Waals surface area contributed by atoms with Crippen molar-refractivity contribution in [1.29, 1.82) is 0 Å². The summed E-state index contributed by atoms with van der Waals surface area (Å²) in [6.45, 7) is 5.38. The number of ether oxygens (including phenoxy) is 1. The van der Waals surface area contributed by atoms with Crippen LogP contribution in [0.3, 0.4) is 0 Å². The first-order valence-corrected chi connectivity index (χ1v) is 10.6. The number of nitrogen functional groups attached to an aromatic ring is 1. The lowest BCUT2D eigenvalue weighted by atomic mass is 9.97. The number of halogens is 1. The number of nitrogens with one attached hydrogen (secondary N) is 1. The van der Waals surface area contributed by atoms with Crippen molar-refractivity contribution in [3.63, 3.8) is 0 Å². The number of amides is 1. The second-order valence-corrected chi connectivity index (χ2v) is 9.23. The molecule has 1 aliphatic carbocycles. The monoisotopic (exact) mass is 426 g/mol. The van der Waals surface area contributed by atoms with Crippen molar-refractivity contribution in [3.8, 4) is 22.4 Å². The highest BCUT2D eigenvalue weighted by Crippen LogP contribution is 2.47. The Balaban J connectivity index is 1.65. The molecule has 0 radical (unpaired) electrons. The summed E-state index contributed by atoms with van der Waals surface area (Å²) in [5, 5.41) is 14.9. The molecule has 0 unspecified atom stereocenters. The number of thiophene rings is 1. The molecule has 0 atom stereocenters. The Bertz CT molecular complexity index is 1090. The highest BCUT2D eigenvalue weighted by atomic mass is 32.1. The van der Waals surface area contributed by atoms with Gasteiger partial charge >= 0.3 is 6.09 Å². The van der Waals surface area contributed by atoms with Crippen LogP contribution in [0.2, 0.25) is 0 Å². The van der Waals surface area contributed by atoms with Crippen molar-refractivity contribution < 1.29 is 13.9 Å². The number of alkyl carbamates (subject to hydrolysis) is 1. The third kappa shape index (κ3) is 4.14. The minimum absolute atomic E-state index is 0.301. The van der Waals surface area contributed by atoms with Gasteiger partial charge in [-0.15, -0.1) is 10.2 Å². The van der Waals surface area contributed by atoms with Crippen molar-refractivity contribution in [2.75, 3.05) is 5.73 Å². The Hall–Kier alpha value is -3.00. The van der Waals surface area contributed by atoms with Gasteiger partial charge in [0.2, 0.25) is 0 Å². The molecule has 156 valence electrons. The van der Waals surface area contributed by atoms with Gasteiger partial charge in [-0.05, 0) is 68.1 Å². The van der Waals surface area contributed by atoms with E-state index < -0.39 is 23.1 Å². The van der Waals surface area contributed by atoms with Gasteiger partial charge in [-0.1, -0.05) is 12.1 Å². The lowest BCUT2D eigenvalue weighted by Crippen LogP contribution is -2.39. The Kier molecular flexibility index (Phi) is 4.97. The zero-order valence-electron chi connectivity index (χ0n) is 17.0. The number of benzene rings is 1. The van der Waals surface area contributed by atoms with Crippen LogP contribution in [0.25, 0.3) is 22.4 Å². The molecule has 2 aromatic heterocycles. The largest absolute Gasteiger partial charge is 0.444 e. The lowest BCUT2D eigenvalue weighted by Gasteiger charge is -2.24. The molecule has 1 amide bonds. The van der Waals surface area contributed by atoms with E-state index in [0.717, 1.165) is 11.1 Å². The number of anilines is 1. The summed E-state index contributed by atoms with van der Waals surface area (Å²) >= 11 is 1.56. The summed E-state index contributed by atoms with van der Waals surface area (Å²) in [6, 6.07) is 8.62. The Morgan fingerprint density at radius 1 is 1.20 bits per heavy atom. The van der Waals surface area contributed by atoms with Gasteiger partial charge in [-0.2, -0.15) is 11.3 Å². The minimum atomic E-state index is -0.728. The van der Waals surface area contributed by atoms with E-state index in [1.165, 1.54) is 6.07 Å². The van der Waals surface area contributed by atoms with Gasteiger partial charge in [0.1, 0.15) is 22.9 Å². The van der Waals surface area contributed by atoms with Crippen LogP contribution in [0, 0.1) is 5.82 Å². The predicted octanol–water partition coefficient (Wildman–Crippen LogP) is 5.11. The molecule has 1 saturated carbocycles. The third-order valence-corrected chi connectivity index (χ3v) is 5.58. The van der Waals surface area contributed by atoms with E-state index in [1.807, 2.05) is 16.8 Å². The molecule has 1 fully saturated rings. The molecular formula is C22H23FN4O2S. The Morgan fingerprint density at radius 3 is 2.57 bits per heavy atom. The maximum absolute atomic E-state index is 15.2. The molecule has 3 N–H and O–H groups in total. The minimum Gasteiger partial charge on any atom is -0.444 e. The molecule has 6 nitrogen and oxygen atoms in total. The number of hydrogen-bond donors (Lipinski definition) is 2. The predicted molar refractivity (Wildman–Crippen MR) is 115 cm³/mol. The molecule has 1 aromatic carbocycles. The topological polar surface area (TPSA) is 90.1 Å². The molecule has 0 spiro atoms. The first-order valence-electron chi connectivity index (χ1n) is 9.64. The molecule has 3 aromatic rings. The first kappa shape index (κ1) is 20.3. The summed E-state index contributed by atoms with van der Waals surface area (Å²) in [4.78, 5) is 12.2. The molecule has 8 heteroatoms. The van der Waals surface area contributed by atoms with E-state index in [-0.39, 0.29) is 0 Å². The SMILES string of the molecule is CC(C)(C)OC(=O)NC1(c2ccc(-c3nnc(N)cc3-c3ccsc3)cc2F)CC1. The van der Waals surface area contributed by atoms with E-state index in [9.17, 15) is 4.79 Å². The molecule has 0 bridgehead atoms. The van der Waals surface area contributed by atoms with Gasteiger partial charge in [-0.3, -0.25) is 0 Å². The van der Waals surface area contributed by atoms with E-state index in [2.05, 4.69) is 15.5 Å². The molecule has 1 aliphatic rings. The van der Waals surface area contributed by atoms with E-state index in [4.69, 9.17) is 10.5 Å². The average molecular weight is 427 g/mol. The lowest BCUT2D eigenvalue weighted by molar-refractivity contribution is 0.0494. The van der Waals surface area contributed by atoms with Crippen molar-refractivity contribution >= 4 is 23.2 Å². The van der Waals surface area contributed by atoms with Crippen LogP contribution in [0.1, 0.15) is 39.2 Å². The standard InChI is InChI=1S/C22H23FN4O2S/c1-21(2,3)29-20(28)25-22(7-8-22)16-5-4-13(10-17(16)23)19-15(11-18(24)26-27-19)14-6-9-30-12-14/h4-6,9-12H,7-8H2,1-3H3,(H2,24,26)(H,25,28). The van der Waals surface area contributed by atoms with Gasteiger partial charge in [-0.25, -0.2) is 9.18 Å². The molecule has 2 heterocycles. The number of nitrogens with two attached hydrogens (primary N) is 1. The number of carbonyl (C=O) groups excluding carboxylic acids is 1. The fraction of sp³-hybridized carbons (Fsp3) is 0.318. The summed E-state index contributed by atoms with van der Waals surface area (Å²) < 4.78 is 20.5. The van der Waals surface area contributed by atoms with Crippen molar-refractivity contribution in [2.24, 2.45) is 0 Å². The zero-order chi connectivity index (χ0) is 21.5. The van der Waals surface area contributed by atoms with Crippen LogP contribution in [0.15, 0.2) is 41.1 Å². The van der Waals surface area contributed by atoms with Gasteiger partial charge in [0.25, 0.3) is 0 Å². The third-order valence-electron chi connectivity index (χ3n) is 4.89. The molecule has 0 saturated heterocycles. The van der Waals surface area contributed by atoms with Gasteiger partial charge in [0.05, 0.1) is 5.54 Å². The van der Waals surface area contributed by atoms with E-state index in [0.29, 0.717) is 35.5 Å². The highest BCUT2D eigenvalue weighted by molar-refractivity contribution is 7.08. The average Bonchev–Trinajstić information content (AvgIpc) is 3.21. The van der Waals surface area contributed by atoms with Crippen molar-refractivity contribution in [2.45, 2.75) is 44.8 Å². The fourth-order valence-corrected chi connectivity index (χ4v) is 4.05. The van der Waals surface area contributed by atoms with Crippen LogP contribution in [0.4, 0.5) is 15.0 Å². The zero-order valence-corrected chi connectivity index (χ0v) is 17.8. The van der Waals surface area contributed by atoms with Crippen molar-refractivity contribution in [1.82, 2.24) is 15.5 Å². The van der Waals surface area contributed by atoms with E-state index in [1.54, 1.807) is 50.3 Å². The summed E-state index contributed by atoms with van der Waals surface area (Å²) in [5.41, 5.74) is 7.82. The van der Waals surface area contributed by atoms with Crippen LogP contribution in [0.5, 0.6) is 0 Å². The van der Waals surface area contributed by atoms with E-state index >= 15 is 4.39 Å². The normalized spacial score (nSPS) is 14.9. The summed E-state index contributed by atoms with van der Waals surface area (Å²) in [7, 11) is 0. The molecule has 30 heavy (non-hydrogen) atoms. The van der Waals surface area contributed by atoms with Crippen molar-refractivity contribution in [3.05, 3.63) is 52.5 Å². The first-order chi connectivity index (χ1) is 14.2. The number of aromatic nitrogens is 2. The van der Waals surface area contributed by atoms with Gasteiger partial charge < -0.3 is 15.8 Å². The smallest absolute Gasteiger partial charge is 0.408 e. The quantitative estimate of drug-likeness (QED) is 0.605. The summed E-state index contributed by atoms with van der Waals surface area (Å²) in [5.74, 6) is -0.105. The summed E-state index contributed by atoms with van der Waals surface area (Å²) in [6.07, 6.45) is 0.766. The number of carbonyl (C=O) groups is 1. The molecule has 0 aliphatic heterocycles.